The van der Waals surface area contributed by atoms with E-state index in [0.717, 1.165) is 10.5 Å². The lowest BCUT2D eigenvalue weighted by Crippen LogP contribution is -2.48. The molecule has 2 atom stereocenters. The molecule has 2 aliphatic rings. The van der Waals surface area contributed by atoms with Gasteiger partial charge >= 0.3 is 6.03 Å². The minimum Gasteiger partial charge on any atom is -0.324 e. The number of hydrogen-bond acceptors (Lipinski definition) is 4. The minimum atomic E-state index is -1.33. The SMILES string of the molecule is C[C@H]1CC(=O)Nc2ccccc2N1C(=O)CN1C(=O)N[C@](Cc2ccccc2)(c2ccccc2)C1=O. The van der Waals surface area contributed by atoms with E-state index in [1.165, 1.54) is 4.90 Å². The topological polar surface area (TPSA) is 98.8 Å². The second kappa shape index (κ2) is 9.30. The van der Waals surface area contributed by atoms with Crippen LogP contribution in [0.1, 0.15) is 24.5 Å². The van der Waals surface area contributed by atoms with E-state index in [1.54, 1.807) is 43.3 Å². The van der Waals surface area contributed by atoms with Gasteiger partial charge in [0.15, 0.2) is 5.54 Å². The van der Waals surface area contributed by atoms with E-state index in [4.69, 9.17) is 0 Å². The van der Waals surface area contributed by atoms with Crippen LogP contribution in [0.15, 0.2) is 84.9 Å². The van der Waals surface area contributed by atoms with Crippen LogP contribution in [-0.4, -0.2) is 41.2 Å². The molecular formula is C28H26N4O4. The quantitative estimate of drug-likeness (QED) is 0.545. The summed E-state index contributed by atoms with van der Waals surface area (Å²) in [7, 11) is 0. The number of nitrogens with zero attached hydrogens (tertiary/aromatic N) is 2. The molecular weight excluding hydrogens is 456 g/mol. The molecule has 5 rings (SSSR count). The Bertz CT molecular complexity index is 1330. The van der Waals surface area contributed by atoms with Gasteiger partial charge in [-0.15, -0.1) is 0 Å². The van der Waals surface area contributed by atoms with Gasteiger partial charge in [0.1, 0.15) is 6.54 Å². The third-order valence-electron chi connectivity index (χ3n) is 6.68. The maximum atomic E-state index is 13.9. The number of benzene rings is 3. The number of urea groups is 1. The zero-order chi connectivity index (χ0) is 25.3. The van der Waals surface area contributed by atoms with Crippen LogP contribution in [0.25, 0.3) is 0 Å². The number of rotatable bonds is 5. The number of amides is 5. The highest BCUT2D eigenvalue weighted by Gasteiger charge is 2.53. The van der Waals surface area contributed by atoms with E-state index in [0.29, 0.717) is 16.9 Å². The number of carbonyl (C=O) groups is 4. The van der Waals surface area contributed by atoms with Gasteiger partial charge in [-0.3, -0.25) is 19.3 Å². The summed E-state index contributed by atoms with van der Waals surface area (Å²) in [5.41, 5.74) is 1.24. The average molecular weight is 483 g/mol. The molecule has 2 aliphatic heterocycles. The van der Waals surface area contributed by atoms with Gasteiger partial charge < -0.3 is 15.5 Å². The predicted molar refractivity (Wildman–Crippen MR) is 135 cm³/mol. The largest absolute Gasteiger partial charge is 0.325 e. The molecule has 3 aromatic rings. The van der Waals surface area contributed by atoms with Gasteiger partial charge in [0.2, 0.25) is 11.8 Å². The highest BCUT2D eigenvalue weighted by atomic mass is 16.2. The van der Waals surface area contributed by atoms with Crippen LogP contribution in [0.3, 0.4) is 0 Å². The summed E-state index contributed by atoms with van der Waals surface area (Å²) in [5, 5.41) is 5.71. The Kier molecular flexibility index (Phi) is 6.01. The highest BCUT2D eigenvalue weighted by molar-refractivity contribution is 6.12. The zero-order valence-electron chi connectivity index (χ0n) is 19.8. The van der Waals surface area contributed by atoms with Crippen LogP contribution in [0, 0.1) is 0 Å². The van der Waals surface area contributed by atoms with Gasteiger partial charge in [0.05, 0.1) is 11.4 Å². The Labute approximate surface area is 208 Å². The molecule has 8 nitrogen and oxygen atoms in total. The molecule has 2 heterocycles. The van der Waals surface area contributed by atoms with Crippen molar-refractivity contribution in [2.24, 2.45) is 0 Å². The summed E-state index contributed by atoms with van der Waals surface area (Å²) in [6, 6.07) is 24.5. The van der Waals surface area contributed by atoms with Crippen molar-refractivity contribution < 1.29 is 19.2 Å². The van der Waals surface area contributed by atoms with Gasteiger partial charge in [-0.2, -0.15) is 0 Å². The predicted octanol–water partition coefficient (Wildman–Crippen LogP) is 3.44. The van der Waals surface area contributed by atoms with Crippen LogP contribution < -0.4 is 15.5 Å². The van der Waals surface area contributed by atoms with E-state index in [9.17, 15) is 19.2 Å². The van der Waals surface area contributed by atoms with Gasteiger partial charge in [-0.1, -0.05) is 72.8 Å². The normalized spacial score (nSPS) is 21.5. The molecule has 182 valence electrons. The molecule has 0 aliphatic carbocycles. The van der Waals surface area contributed by atoms with Crippen molar-refractivity contribution >= 4 is 35.1 Å². The van der Waals surface area contributed by atoms with Gasteiger partial charge in [0.25, 0.3) is 5.91 Å². The third kappa shape index (κ3) is 4.11. The number of fused-ring (bicyclic) bond motifs is 1. The summed E-state index contributed by atoms with van der Waals surface area (Å²) in [4.78, 5) is 55.5. The van der Waals surface area contributed by atoms with E-state index < -0.39 is 36.0 Å². The second-order valence-corrected chi connectivity index (χ2v) is 9.14. The summed E-state index contributed by atoms with van der Waals surface area (Å²) in [6.45, 7) is 1.33. The molecule has 0 unspecified atom stereocenters. The summed E-state index contributed by atoms with van der Waals surface area (Å²) in [6.07, 6.45) is 0.344. The van der Waals surface area contributed by atoms with Gasteiger partial charge in [-0.25, -0.2) is 4.79 Å². The van der Waals surface area contributed by atoms with E-state index in [-0.39, 0.29) is 18.7 Å². The lowest BCUT2D eigenvalue weighted by atomic mass is 9.83. The number of para-hydroxylation sites is 2. The number of anilines is 2. The number of nitrogens with one attached hydrogen (secondary N) is 2. The zero-order valence-corrected chi connectivity index (χ0v) is 19.8. The molecule has 1 fully saturated rings. The molecule has 5 amide bonds. The molecule has 0 spiro atoms. The van der Waals surface area contributed by atoms with E-state index in [2.05, 4.69) is 10.6 Å². The molecule has 0 bridgehead atoms. The molecule has 3 aromatic carbocycles. The number of hydrogen-bond donors (Lipinski definition) is 2. The van der Waals surface area contributed by atoms with Crippen molar-refractivity contribution in [2.75, 3.05) is 16.8 Å². The molecule has 0 radical (unpaired) electrons. The Morgan fingerprint density at radius 3 is 2.28 bits per heavy atom. The second-order valence-electron chi connectivity index (χ2n) is 9.14. The van der Waals surface area contributed by atoms with Crippen LogP contribution in [-0.2, 0) is 26.3 Å². The van der Waals surface area contributed by atoms with Crippen LogP contribution in [0.4, 0.5) is 16.2 Å². The maximum absolute atomic E-state index is 13.9. The summed E-state index contributed by atoms with van der Waals surface area (Å²) < 4.78 is 0. The highest BCUT2D eigenvalue weighted by Crippen LogP contribution is 2.35. The van der Waals surface area contributed by atoms with Crippen molar-refractivity contribution in [2.45, 2.75) is 31.3 Å². The lowest BCUT2D eigenvalue weighted by Gasteiger charge is -2.30. The molecule has 0 saturated carbocycles. The first-order valence-electron chi connectivity index (χ1n) is 11.8. The third-order valence-corrected chi connectivity index (χ3v) is 6.68. The van der Waals surface area contributed by atoms with Crippen LogP contribution in [0.2, 0.25) is 0 Å². The van der Waals surface area contributed by atoms with Crippen molar-refractivity contribution in [1.29, 1.82) is 0 Å². The minimum absolute atomic E-state index is 0.0997. The fourth-order valence-corrected chi connectivity index (χ4v) is 4.99. The smallest absolute Gasteiger partial charge is 0.324 e. The molecule has 0 aromatic heterocycles. The van der Waals surface area contributed by atoms with Crippen molar-refractivity contribution in [3.05, 3.63) is 96.1 Å². The molecule has 8 heteroatoms. The number of imide groups is 1. The van der Waals surface area contributed by atoms with Crippen LogP contribution in [0.5, 0.6) is 0 Å². The standard InChI is InChI=1S/C28H26N4O4/c1-19-16-24(33)29-22-14-8-9-15-23(22)32(19)25(34)18-31-26(35)28(30-27(31)36,21-12-6-3-7-13-21)17-20-10-4-2-5-11-20/h2-15,19H,16-18H2,1H3,(H,29,33)(H,30,36)/t19-,28+/m0/s1. The van der Waals surface area contributed by atoms with Crippen molar-refractivity contribution in [3.63, 3.8) is 0 Å². The Hall–Kier alpha value is -4.46. The van der Waals surface area contributed by atoms with Gasteiger partial charge in [-0.05, 0) is 30.2 Å². The Morgan fingerprint density at radius 2 is 1.56 bits per heavy atom. The molecule has 2 N–H and O–H groups in total. The number of carbonyl (C=O) groups excluding carboxylic acids is 4. The van der Waals surface area contributed by atoms with Crippen LogP contribution >= 0.6 is 0 Å². The first-order valence-corrected chi connectivity index (χ1v) is 11.8. The summed E-state index contributed by atoms with van der Waals surface area (Å²) in [5.74, 6) is -1.13. The van der Waals surface area contributed by atoms with Gasteiger partial charge in [0, 0.05) is 18.9 Å². The Balaban J connectivity index is 1.47. The first-order chi connectivity index (χ1) is 17.4. The first kappa shape index (κ1) is 23.3. The molecule has 36 heavy (non-hydrogen) atoms. The lowest BCUT2D eigenvalue weighted by molar-refractivity contribution is -0.134. The van der Waals surface area contributed by atoms with E-state index >= 15 is 0 Å². The fourth-order valence-electron chi connectivity index (χ4n) is 4.99. The van der Waals surface area contributed by atoms with E-state index in [1.807, 2.05) is 48.5 Å². The fraction of sp³-hybridized carbons (Fsp3) is 0.214. The Morgan fingerprint density at radius 1 is 0.917 bits per heavy atom. The average Bonchev–Trinajstić information content (AvgIpc) is 3.02. The summed E-state index contributed by atoms with van der Waals surface area (Å²) >= 11 is 0. The monoisotopic (exact) mass is 482 g/mol. The molecule has 1 saturated heterocycles. The maximum Gasteiger partial charge on any atom is 0.325 e. The van der Waals surface area contributed by atoms with Crippen molar-refractivity contribution in [1.82, 2.24) is 10.2 Å². The van der Waals surface area contributed by atoms with Crippen molar-refractivity contribution in [3.8, 4) is 0 Å².